The van der Waals surface area contributed by atoms with Crippen LogP contribution >= 0.6 is 0 Å². The summed E-state index contributed by atoms with van der Waals surface area (Å²) < 4.78 is 10.6. The fourth-order valence-electron chi connectivity index (χ4n) is 2.71. The van der Waals surface area contributed by atoms with Gasteiger partial charge in [0.1, 0.15) is 0 Å². The predicted molar refractivity (Wildman–Crippen MR) is 91.1 cm³/mol. The van der Waals surface area contributed by atoms with Crippen LogP contribution in [-0.2, 0) is 6.42 Å². The molecule has 0 saturated carbocycles. The SMILES string of the molecule is COc1cc2c(cc1OC)C(=O)C(=CC=Cc1ccccc1)C2. The molecule has 1 aliphatic rings. The molecule has 0 bridgehead atoms. The highest BCUT2D eigenvalue weighted by Crippen LogP contribution is 2.36. The van der Waals surface area contributed by atoms with Gasteiger partial charge in [-0.25, -0.2) is 0 Å². The molecular weight excluding hydrogens is 288 g/mol. The van der Waals surface area contributed by atoms with Gasteiger partial charge in [-0.2, -0.15) is 0 Å². The Morgan fingerprint density at radius 2 is 1.70 bits per heavy atom. The minimum Gasteiger partial charge on any atom is -0.493 e. The van der Waals surface area contributed by atoms with Crippen LogP contribution < -0.4 is 9.47 Å². The number of allylic oxidation sites excluding steroid dienone is 3. The maximum absolute atomic E-state index is 12.5. The van der Waals surface area contributed by atoms with E-state index in [2.05, 4.69) is 0 Å². The van der Waals surface area contributed by atoms with E-state index in [1.807, 2.05) is 54.6 Å². The molecule has 0 aliphatic heterocycles. The third-order valence-electron chi connectivity index (χ3n) is 3.91. The van der Waals surface area contributed by atoms with Crippen molar-refractivity contribution in [3.8, 4) is 11.5 Å². The number of fused-ring (bicyclic) bond motifs is 1. The molecule has 0 unspecified atom stereocenters. The van der Waals surface area contributed by atoms with Crippen LogP contribution in [0, 0.1) is 0 Å². The minimum atomic E-state index is 0.0543. The smallest absolute Gasteiger partial charge is 0.189 e. The number of carbonyl (C=O) groups excluding carboxylic acids is 1. The number of rotatable bonds is 4. The summed E-state index contributed by atoms with van der Waals surface area (Å²) in [6, 6.07) is 13.6. The molecule has 0 spiro atoms. The van der Waals surface area contributed by atoms with Gasteiger partial charge in [0.15, 0.2) is 17.3 Å². The average molecular weight is 306 g/mol. The Labute approximate surface area is 135 Å². The first-order valence-corrected chi connectivity index (χ1v) is 7.45. The molecule has 0 amide bonds. The molecule has 0 radical (unpaired) electrons. The van der Waals surface area contributed by atoms with Gasteiger partial charge in [-0.15, -0.1) is 0 Å². The maximum atomic E-state index is 12.5. The number of hydrogen-bond donors (Lipinski definition) is 0. The number of hydrogen-bond acceptors (Lipinski definition) is 3. The van der Waals surface area contributed by atoms with E-state index in [1.54, 1.807) is 20.3 Å². The number of methoxy groups -OCH3 is 2. The van der Waals surface area contributed by atoms with E-state index in [-0.39, 0.29) is 5.78 Å². The molecule has 2 aromatic rings. The van der Waals surface area contributed by atoms with Crippen molar-refractivity contribution in [2.75, 3.05) is 14.2 Å². The highest BCUT2D eigenvalue weighted by molar-refractivity contribution is 6.13. The quantitative estimate of drug-likeness (QED) is 0.798. The van der Waals surface area contributed by atoms with Crippen LogP contribution in [0.1, 0.15) is 21.5 Å². The van der Waals surface area contributed by atoms with E-state index in [0.717, 1.165) is 16.7 Å². The summed E-state index contributed by atoms with van der Waals surface area (Å²) in [5.74, 6) is 1.29. The minimum absolute atomic E-state index is 0.0543. The number of carbonyl (C=O) groups is 1. The van der Waals surface area contributed by atoms with Gasteiger partial charge in [0.2, 0.25) is 0 Å². The summed E-state index contributed by atoms with van der Waals surface area (Å²) in [4.78, 5) is 12.5. The molecule has 116 valence electrons. The second-order valence-corrected chi connectivity index (χ2v) is 5.33. The Bertz CT molecular complexity index is 786. The van der Waals surface area contributed by atoms with Crippen molar-refractivity contribution >= 4 is 11.9 Å². The van der Waals surface area contributed by atoms with Gasteiger partial charge in [-0.3, -0.25) is 4.79 Å². The fourth-order valence-corrected chi connectivity index (χ4v) is 2.71. The van der Waals surface area contributed by atoms with Crippen LogP contribution in [0.5, 0.6) is 11.5 Å². The maximum Gasteiger partial charge on any atom is 0.189 e. The van der Waals surface area contributed by atoms with Crippen molar-refractivity contribution in [2.24, 2.45) is 0 Å². The number of Topliss-reactive ketones (excluding diaryl/α,β-unsaturated/α-hetero) is 1. The topological polar surface area (TPSA) is 35.5 Å². The van der Waals surface area contributed by atoms with Crippen LogP contribution in [0.2, 0.25) is 0 Å². The van der Waals surface area contributed by atoms with Gasteiger partial charge < -0.3 is 9.47 Å². The lowest BCUT2D eigenvalue weighted by Crippen LogP contribution is -1.97. The number of benzene rings is 2. The summed E-state index contributed by atoms with van der Waals surface area (Å²) in [6.45, 7) is 0. The molecule has 3 rings (SSSR count). The summed E-state index contributed by atoms with van der Waals surface area (Å²) in [7, 11) is 3.17. The van der Waals surface area contributed by atoms with E-state index in [9.17, 15) is 4.79 Å². The van der Waals surface area contributed by atoms with Gasteiger partial charge in [0.05, 0.1) is 14.2 Å². The molecule has 3 heteroatoms. The lowest BCUT2D eigenvalue weighted by molar-refractivity contribution is 0.103. The van der Waals surface area contributed by atoms with Gasteiger partial charge in [-0.1, -0.05) is 48.6 Å². The van der Waals surface area contributed by atoms with E-state index in [0.29, 0.717) is 23.5 Å². The van der Waals surface area contributed by atoms with Crippen LogP contribution in [0.15, 0.2) is 60.2 Å². The van der Waals surface area contributed by atoms with Gasteiger partial charge in [0.25, 0.3) is 0 Å². The Kier molecular flexibility index (Phi) is 4.29. The molecule has 0 saturated heterocycles. The Balaban J connectivity index is 1.86. The summed E-state index contributed by atoms with van der Waals surface area (Å²) in [5.41, 5.74) is 3.56. The second kappa shape index (κ2) is 6.53. The lowest BCUT2D eigenvalue weighted by Gasteiger charge is -2.08. The number of ketones is 1. The van der Waals surface area contributed by atoms with Crippen LogP contribution in [0.25, 0.3) is 6.08 Å². The van der Waals surface area contributed by atoms with Gasteiger partial charge in [-0.05, 0) is 23.3 Å². The standard InChI is InChI=1S/C20H18O3/c1-22-18-12-16-11-15(20(21)17(16)13-19(18)23-2)10-6-9-14-7-4-3-5-8-14/h3-10,12-13H,11H2,1-2H3. The van der Waals surface area contributed by atoms with E-state index < -0.39 is 0 Å². The van der Waals surface area contributed by atoms with E-state index in [1.165, 1.54) is 0 Å². The summed E-state index contributed by atoms with van der Waals surface area (Å²) in [5, 5.41) is 0. The Morgan fingerprint density at radius 3 is 2.39 bits per heavy atom. The molecule has 0 atom stereocenters. The van der Waals surface area contributed by atoms with Gasteiger partial charge >= 0.3 is 0 Å². The predicted octanol–water partition coefficient (Wildman–Crippen LogP) is 4.08. The van der Waals surface area contributed by atoms with Gasteiger partial charge in [0, 0.05) is 17.6 Å². The van der Waals surface area contributed by atoms with E-state index >= 15 is 0 Å². The van der Waals surface area contributed by atoms with E-state index in [4.69, 9.17) is 9.47 Å². The molecule has 2 aromatic carbocycles. The zero-order valence-electron chi connectivity index (χ0n) is 13.2. The highest BCUT2D eigenvalue weighted by Gasteiger charge is 2.26. The monoisotopic (exact) mass is 306 g/mol. The molecular formula is C20H18O3. The van der Waals surface area contributed by atoms with Crippen molar-refractivity contribution in [1.82, 2.24) is 0 Å². The third kappa shape index (κ3) is 3.04. The van der Waals surface area contributed by atoms with Crippen molar-refractivity contribution in [3.05, 3.63) is 76.9 Å². The molecule has 0 aromatic heterocycles. The summed E-state index contributed by atoms with van der Waals surface area (Å²) in [6.07, 6.45) is 6.41. The molecule has 23 heavy (non-hydrogen) atoms. The van der Waals surface area contributed by atoms with Crippen molar-refractivity contribution in [2.45, 2.75) is 6.42 Å². The molecule has 0 heterocycles. The normalized spacial score (nSPS) is 15.2. The molecule has 1 aliphatic carbocycles. The largest absolute Gasteiger partial charge is 0.493 e. The highest BCUT2D eigenvalue weighted by atomic mass is 16.5. The molecule has 3 nitrogen and oxygen atoms in total. The number of ether oxygens (including phenoxy) is 2. The first-order chi connectivity index (χ1) is 11.2. The van der Waals surface area contributed by atoms with Crippen LogP contribution in [0.4, 0.5) is 0 Å². The van der Waals surface area contributed by atoms with Crippen molar-refractivity contribution in [1.29, 1.82) is 0 Å². The first kappa shape index (κ1) is 15.1. The third-order valence-corrected chi connectivity index (χ3v) is 3.91. The lowest BCUT2D eigenvalue weighted by atomic mass is 10.1. The fraction of sp³-hybridized carbons (Fsp3) is 0.150. The summed E-state index contributed by atoms with van der Waals surface area (Å²) >= 11 is 0. The Hall–Kier alpha value is -2.81. The second-order valence-electron chi connectivity index (χ2n) is 5.33. The van der Waals surface area contributed by atoms with Crippen LogP contribution in [-0.4, -0.2) is 20.0 Å². The zero-order valence-corrected chi connectivity index (χ0v) is 13.2. The van der Waals surface area contributed by atoms with Crippen LogP contribution in [0.3, 0.4) is 0 Å². The van der Waals surface area contributed by atoms with Crippen molar-refractivity contribution in [3.63, 3.8) is 0 Å². The first-order valence-electron chi connectivity index (χ1n) is 7.45. The Morgan fingerprint density at radius 1 is 1.00 bits per heavy atom. The molecule has 0 N–H and O–H groups in total. The molecule has 0 fully saturated rings. The zero-order chi connectivity index (χ0) is 16.2. The average Bonchev–Trinajstić information content (AvgIpc) is 2.90. The van der Waals surface area contributed by atoms with Crippen molar-refractivity contribution < 1.29 is 14.3 Å².